The molecule has 4 aromatic rings. The van der Waals surface area contributed by atoms with Gasteiger partial charge >= 0.3 is 5.97 Å². The van der Waals surface area contributed by atoms with Crippen molar-refractivity contribution >= 4 is 74.9 Å². The molecule has 0 saturated heterocycles. The highest BCUT2D eigenvalue weighted by Crippen LogP contribution is 2.44. The quantitative estimate of drug-likeness (QED) is 0.0872. The van der Waals surface area contributed by atoms with E-state index in [0.29, 0.717) is 27.7 Å². The number of carbonyl (C=O) groups is 4. The van der Waals surface area contributed by atoms with Gasteiger partial charge in [0.15, 0.2) is 0 Å². The fourth-order valence-electron chi connectivity index (χ4n) is 5.51. The molecule has 2 heterocycles. The molecule has 0 spiro atoms. The smallest absolute Gasteiger partial charge is 0.341 e. The summed E-state index contributed by atoms with van der Waals surface area (Å²) in [5, 5.41) is 12.4. The molecule has 3 N–H and O–H groups in total. The molecule has 0 saturated carbocycles. The summed E-state index contributed by atoms with van der Waals surface area (Å²) in [5.74, 6) is -1.07. The van der Waals surface area contributed by atoms with Gasteiger partial charge in [-0.15, -0.1) is 23.1 Å². The molecule has 2 atom stereocenters. The molecule has 2 aromatic carbocycles. The van der Waals surface area contributed by atoms with Crippen LogP contribution >= 0.6 is 34.4 Å². The van der Waals surface area contributed by atoms with Crippen LogP contribution in [-0.4, -0.2) is 36.1 Å². The molecule has 1 aliphatic carbocycles. The number of amides is 3. The van der Waals surface area contributed by atoms with Gasteiger partial charge < -0.3 is 20.7 Å². The van der Waals surface area contributed by atoms with Crippen LogP contribution in [0.5, 0.6) is 0 Å². The lowest BCUT2D eigenvalue weighted by Gasteiger charge is -2.33. The number of hydrogen-bond acceptors (Lipinski definition) is 8. The van der Waals surface area contributed by atoms with Crippen molar-refractivity contribution in [2.75, 3.05) is 17.7 Å². The highest BCUT2D eigenvalue weighted by atomic mass is 32.2. The summed E-state index contributed by atoms with van der Waals surface area (Å²) in [5.41, 5.74) is 3.43. The van der Waals surface area contributed by atoms with E-state index in [0.717, 1.165) is 40.2 Å². The summed E-state index contributed by atoms with van der Waals surface area (Å²) in [6.07, 6.45) is 4.25. The second-order valence-corrected chi connectivity index (χ2v) is 16.0. The van der Waals surface area contributed by atoms with Gasteiger partial charge in [-0.25, -0.2) is 4.79 Å². The van der Waals surface area contributed by atoms with E-state index >= 15 is 0 Å². The highest BCUT2D eigenvalue weighted by Gasteiger charge is 2.34. The summed E-state index contributed by atoms with van der Waals surface area (Å²) in [6, 6.07) is 17.7. The third kappa shape index (κ3) is 8.63. The molecule has 2 aromatic heterocycles. The fraction of sp³-hybridized carbons (Fsp3) is 0.297. The lowest BCUT2D eigenvalue weighted by atomic mass is 9.72. The van der Waals surface area contributed by atoms with Crippen LogP contribution in [-0.2, 0) is 27.2 Å². The molecule has 48 heavy (non-hydrogen) atoms. The van der Waals surface area contributed by atoms with Crippen LogP contribution in [0.4, 0.5) is 10.7 Å². The van der Waals surface area contributed by atoms with Crippen LogP contribution in [0, 0.1) is 11.3 Å². The standard InChI is InChI=1S/C37H39N3O5S3/c1-22(32(41)40-35-31(36(44)45-5)28-15-14-25(37(2,3)4)19-30(28)48-35)47-27-13-9-12-26(20-27)38-34(43)29(18-23-16-17-46-21-23)39-33(42)24-10-7-6-8-11-24/h6-13,16-18,20-22,25H,14-15,19H2,1-5H3,(H,38,43)(H,39,42)(H,40,41)/b29-18-. The minimum atomic E-state index is -0.512. The Balaban J connectivity index is 1.27. The molecule has 0 fully saturated rings. The first kappa shape index (κ1) is 35.1. The van der Waals surface area contributed by atoms with E-state index in [4.69, 9.17) is 4.74 Å². The van der Waals surface area contributed by atoms with E-state index in [9.17, 15) is 19.2 Å². The first-order chi connectivity index (χ1) is 22.9. The molecule has 2 unspecified atom stereocenters. The Labute approximate surface area is 293 Å². The highest BCUT2D eigenvalue weighted by molar-refractivity contribution is 8.00. The monoisotopic (exact) mass is 701 g/mol. The van der Waals surface area contributed by atoms with Crippen molar-refractivity contribution in [1.82, 2.24) is 5.32 Å². The van der Waals surface area contributed by atoms with Crippen LogP contribution in [0.2, 0.25) is 0 Å². The number of rotatable bonds is 10. The molecule has 250 valence electrons. The maximum Gasteiger partial charge on any atom is 0.341 e. The summed E-state index contributed by atoms with van der Waals surface area (Å²) in [6.45, 7) is 8.52. The van der Waals surface area contributed by atoms with Gasteiger partial charge in [0.2, 0.25) is 5.91 Å². The molecule has 0 radical (unpaired) electrons. The van der Waals surface area contributed by atoms with E-state index in [-0.39, 0.29) is 17.0 Å². The topological polar surface area (TPSA) is 114 Å². The number of esters is 1. The molecule has 11 heteroatoms. The number of methoxy groups -OCH3 is 1. The summed E-state index contributed by atoms with van der Waals surface area (Å²) in [7, 11) is 1.36. The second kappa shape index (κ2) is 15.4. The second-order valence-electron chi connectivity index (χ2n) is 12.7. The number of fused-ring (bicyclic) bond motifs is 1. The van der Waals surface area contributed by atoms with Crippen LogP contribution in [0.1, 0.15) is 70.8 Å². The molecule has 8 nitrogen and oxygen atoms in total. The van der Waals surface area contributed by atoms with Crippen molar-refractivity contribution in [3.8, 4) is 0 Å². The number of benzene rings is 2. The number of thioether (sulfide) groups is 1. The first-order valence-electron chi connectivity index (χ1n) is 15.6. The van der Waals surface area contributed by atoms with Crippen LogP contribution < -0.4 is 16.0 Å². The predicted molar refractivity (Wildman–Crippen MR) is 196 cm³/mol. The summed E-state index contributed by atoms with van der Waals surface area (Å²) in [4.78, 5) is 54.5. The van der Waals surface area contributed by atoms with Crippen LogP contribution in [0.15, 0.2) is 82.0 Å². The Kier molecular flexibility index (Phi) is 11.2. The molecule has 3 amide bonds. The molecule has 5 rings (SSSR count). The summed E-state index contributed by atoms with van der Waals surface area (Å²) >= 11 is 4.29. The molecule has 0 bridgehead atoms. The lowest BCUT2D eigenvalue weighted by molar-refractivity contribution is -0.115. The van der Waals surface area contributed by atoms with E-state index in [1.807, 2.05) is 29.0 Å². The largest absolute Gasteiger partial charge is 0.465 e. The average Bonchev–Trinajstić information content (AvgIpc) is 3.71. The Morgan fingerprint density at radius 2 is 1.79 bits per heavy atom. The number of carbonyl (C=O) groups excluding carboxylic acids is 4. The minimum Gasteiger partial charge on any atom is -0.465 e. The first-order valence-corrected chi connectivity index (χ1v) is 18.3. The number of ether oxygens (including phenoxy) is 1. The van der Waals surface area contributed by atoms with Crippen molar-refractivity contribution < 1.29 is 23.9 Å². The van der Waals surface area contributed by atoms with E-state index in [2.05, 4.69) is 36.7 Å². The van der Waals surface area contributed by atoms with Gasteiger partial charge in [-0.3, -0.25) is 14.4 Å². The van der Waals surface area contributed by atoms with Gasteiger partial charge in [-0.2, -0.15) is 11.3 Å². The maximum atomic E-state index is 13.4. The number of hydrogen-bond donors (Lipinski definition) is 3. The van der Waals surface area contributed by atoms with Crippen LogP contribution in [0.25, 0.3) is 6.08 Å². The van der Waals surface area contributed by atoms with Gasteiger partial charge in [0.1, 0.15) is 10.7 Å². The van der Waals surface area contributed by atoms with E-state index < -0.39 is 23.0 Å². The molecule has 0 aliphatic heterocycles. The zero-order chi connectivity index (χ0) is 34.4. The van der Waals surface area contributed by atoms with Crippen molar-refractivity contribution in [3.63, 3.8) is 0 Å². The lowest BCUT2D eigenvalue weighted by Crippen LogP contribution is -2.30. The summed E-state index contributed by atoms with van der Waals surface area (Å²) < 4.78 is 5.12. The third-order valence-corrected chi connectivity index (χ3v) is 11.2. The third-order valence-electron chi connectivity index (χ3n) is 8.27. The van der Waals surface area contributed by atoms with E-state index in [1.165, 1.54) is 41.5 Å². The van der Waals surface area contributed by atoms with Gasteiger partial charge in [0.05, 0.1) is 17.9 Å². The minimum absolute atomic E-state index is 0.0990. The predicted octanol–water partition coefficient (Wildman–Crippen LogP) is 8.28. The van der Waals surface area contributed by atoms with Crippen LogP contribution in [0.3, 0.4) is 0 Å². The van der Waals surface area contributed by atoms with Crippen molar-refractivity contribution in [3.05, 3.63) is 104 Å². The van der Waals surface area contributed by atoms with Gasteiger partial charge in [-0.1, -0.05) is 45.0 Å². The molecular formula is C37H39N3O5S3. The Bertz CT molecular complexity index is 1820. The van der Waals surface area contributed by atoms with Gasteiger partial charge in [-0.05, 0) is 102 Å². The van der Waals surface area contributed by atoms with Crippen molar-refractivity contribution in [1.29, 1.82) is 0 Å². The van der Waals surface area contributed by atoms with Crippen molar-refractivity contribution in [2.45, 2.75) is 57.1 Å². The van der Waals surface area contributed by atoms with Crippen molar-refractivity contribution in [2.24, 2.45) is 11.3 Å². The Hall–Kier alpha value is -4.19. The number of nitrogens with one attached hydrogen (secondary N) is 3. The Morgan fingerprint density at radius 3 is 2.48 bits per heavy atom. The zero-order valence-electron chi connectivity index (χ0n) is 27.5. The van der Waals surface area contributed by atoms with Gasteiger partial charge in [0, 0.05) is 21.0 Å². The molecule has 1 aliphatic rings. The average molecular weight is 702 g/mol. The zero-order valence-corrected chi connectivity index (χ0v) is 30.0. The number of anilines is 2. The van der Waals surface area contributed by atoms with Gasteiger partial charge in [0.25, 0.3) is 11.8 Å². The normalized spacial score (nSPS) is 15.2. The molecular weight excluding hydrogens is 663 g/mol. The maximum absolute atomic E-state index is 13.4. The number of thiophene rings is 2. The Morgan fingerprint density at radius 1 is 1.02 bits per heavy atom. The fourth-order valence-corrected chi connectivity index (χ4v) is 8.38. The SMILES string of the molecule is COC(=O)c1c(NC(=O)C(C)Sc2cccc(NC(=O)/C(=C/c3ccsc3)NC(=O)c3ccccc3)c2)sc2c1CCC(C(C)(C)C)C2. The van der Waals surface area contributed by atoms with E-state index in [1.54, 1.807) is 55.5 Å².